The second kappa shape index (κ2) is 5.89. The molecule has 2 saturated heterocycles. The molecule has 0 aromatic carbocycles. The molecule has 0 N–H and O–H groups in total. The summed E-state index contributed by atoms with van der Waals surface area (Å²) in [7, 11) is -1.23. The average Bonchev–Trinajstić information content (AvgIpc) is 2.39. The number of piperidine rings is 1. The molecule has 0 atom stereocenters. The van der Waals surface area contributed by atoms with E-state index in [1.54, 1.807) is 12.0 Å². The van der Waals surface area contributed by atoms with Gasteiger partial charge in [-0.2, -0.15) is 0 Å². The van der Waals surface area contributed by atoms with Crippen molar-refractivity contribution in [2.24, 2.45) is 5.41 Å². The number of hydrogen-bond donors (Lipinski definition) is 0. The number of methoxy groups -OCH3 is 1. The van der Waals surface area contributed by atoms with Crippen molar-refractivity contribution >= 4 is 15.9 Å². The number of sulfone groups is 1. The van der Waals surface area contributed by atoms with Crippen LogP contribution in [-0.2, 0) is 14.6 Å². The Labute approximate surface area is 121 Å². The molecular formula is C13H24N2O4S. The molecule has 0 aliphatic carbocycles. The highest BCUT2D eigenvalue weighted by atomic mass is 32.2. The molecule has 7 heteroatoms. The Kier molecular flexibility index (Phi) is 4.59. The monoisotopic (exact) mass is 304 g/mol. The lowest BCUT2D eigenvalue weighted by Gasteiger charge is -2.41. The van der Waals surface area contributed by atoms with E-state index in [4.69, 9.17) is 4.74 Å². The van der Waals surface area contributed by atoms with E-state index in [-0.39, 0.29) is 23.0 Å². The number of ether oxygens (including phenoxy) is 1. The number of urea groups is 1. The van der Waals surface area contributed by atoms with Crippen LogP contribution in [0.1, 0.15) is 19.8 Å². The minimum absolute atomic E-state index is 0.0145. The van der Waals surface area contributed by atoms with Crippen molar-refractivity contribution < 1.29 is 17.9 Å². The van der Waals surface area contributed by atoms with Gasteiger partial charge in [0, 0.05) is 33.3 Å². The summed E-state index contributed by atoms with van der Waals surface area (Å²) in [6.07, 6.45) is 1.86. The zero-order valence-corrected chi connectivity index (χ0v) is 13.1. The topological polar surface area (TPSA) is 66.9 Å². The highest BCUT2D eigenvalue weighted by molar-refractivity contribution is 7.91. The van der Waals surface area contributed by atoms with Crippen LogP contribution in [0.5, 0.6) is 0 Å². The lowest BCUT2D eigenvalue weighted by molar-refractivity contribution is 0.0386. The SMILES string of the molecule is COCC1(C)CCN(C(=O)N2CCS(=O)(=O)CC2)CC1. The molecular weight excluding hydrogens is 280 g/mol. The van der Waals surface area contributed by atoms with Gasteiger partial charge in [-0.25, -0.2) is 13.2 Å². The van der Waals surface area contributed by atoms with Gasteiger partial charge in [-0.3, -0.25) is 0 Å². The fraction of sp³-hybridized carbons (Fsp3) is 0.923. The van der Waals surface area contributed by atoms with E-state index in [2.05, 4.69) is 6.92 Å². The highest BCUT2D eigenvalue weighted by Gasteiger charge is 2.34. The first-order valence-electron chi connectivity index (χ1n) is 7.08. The molecule has 0 unspecified atom stereocenters. The summed E-state index contributed by atoms with van der Waals surface area (Å²) < 4.78 is 28.0. The maximum atomic E-state index is 12.4. The normalized spacial score (nSPS) is 25.5. The molecule has 0 aromatic rings. The van der Waals surface area contributed by atoms with Crippen molar-refractivity contribution in [2.75, 3.05) is 51.4 Å². The lowest BCUT2D eigenvalue weighted by Crippen LogP contribution is -2.53. The van der Waals surface area contributed by atoms with Gasteiger partial charge in [0.2, 0.25) is 0 Å². The molecule has 116 valence electrons. The molecule has 0 aromatic heterocycles. The fourth-order valence-corrected chi connectivity index (χ4v) is 4.04. The molecule has 2 aliphatic rings. The van der Waals surface area contributed by atoms with Crippen molar-refractivity contribution in [3.63, 3.8) is 0 Å². The first-order chi connectivity index (χ1) is 9.35. The van der Waals surface area contributed by atoms with Crippen molar-refractivity contribution in [1.82, 2.24) is 9.80 Å². The Morgan fingerprint density at radius 3 is 2.10 bits per heavy atom. The van der Waals surface area contributed by atoms with Crippen LogP contribution in [0.2, 0.25) is 0 Å². The Morgan fingerprint density at radius 2 is 1.60 bits per heavy atom. The molecule has 20 heavy (non-hydrogen) atoms. The van der Waals surface area contributed by atoms with Gasteiger partial charge in [0.15, 0.2) is 9.84 Å². The standard InChI is InChI=1S/C13H24N2O4S/c1-13(11-19-2)3-5-14(6-4-13)12(16)15-7-9-20(17,18)10-8-15/h3-11H2,1-2H3. The van der Waals surface area contributed by atoms with Gasteiger partial charge in [0.05, 0.1) is 18.1 Å². The number of likely N-dealkylation sites (tertiary alicyclic amines) is 1. The summed E-state index contributed by atoms with van der Waals surface area (Å²) in [4.78, 5) is 15.9. The van der Waals surface area contributed by atoms with Gasteiger partial charge >= 0.3 is 6.03 Å². The van der Waals surface area contributed by atoms with Crippen molar-refractivity contribution in [3.8, 4) is 0 Å². The molecule has 2 fully saturated rings. The van der Waals surface area contributed by atoms with Crippen molar-refractivity contribution in [3.05, 3.63) is 0 Å². The number of rotatable bonds is 2. The van der Waals surface area contributed by atoms with Crippen LogP contribution in [0.3, 0.4) is 0 Å². The van der Waals surface area contributed by atoms with E-state index in [1.165, 1.54) is 0 Å². The Hall–Kier alpha value is -0.820. The summed E-state index contributed by atoms with van der Waals surface area (Å²) in [6.45, 7) is 5.01. The molecule has 2 heterocycles. The quantitative estimate of drug-likeness (QED) is 0.749. The maximum Gasteiger partial charge on any atom is 0.320 e. The molecule has 6 nitrogen and oxygen atoms in total. The maximum absolute atomic E-state index is 12.4. The van der Waals surface area contributed by atoms with Crippen LogP contribution in [0, 0.1) is 5.41 Å². The number of amides is 2. The largest absolute Gasteiger partial charge is 0.384 e. The lowest BCUT2D eigenvalue weighted by atomic mass is 9.81. The summed E-state index contributed by atoms with van der Waals surface area (Å²) in [6, 6.07) is -0.0145. The van der Waals surface area contributed by atoms with Gasteiger partial charge in [-0.05, 0) is 18.3 Å². The summed E-state index contributed by atoms with van der Waals surface area (Å²) in [5, 5.41) is 0. The van der Waals surface area contributed by atoms with Crippen molar-refractivity contribution in [2.45, 2.75) is 19.8 Å². The third-order valence-corrected chi connectivity index (χ3v) is 5.96. The zero-order valence-electron chi connectivity index (χ0n) is 12.3. The van der Waals surface area contributed by atoms with Gasteiger partial charge in [-0.15, -0.1) is 0 Å². The van der Waals surface area contributed by atoms with Crippen LogP contribution >= 0.6 is 0 Å². The molecule has 0 saturated carbocycles. The summed E-state index contributed by atoms with van der Waals surface area (Å²) in [5.74, 6) is 0.182. The van der Waals surface area contributed by atoms with Crippen molar-refractivity contribution in [1.29, 1.82) is 0 Å². The van der Waals surface area contributed by atoms with Gasteiger partial charge < -0.3 is 14.5 Å². The molecule has 2 amide bonds. The Balaban J connectivity index is 1.86. The number of nitrogens with zero attached hydrogens (tertiary/aromatic N) is 2. The second-order valence-corrected chi connectivity index (χ2v) is 8.46. The number of carbonyl (C=O) groups is 1. The van der Waals surface area contributed by atoms with Gasteiger partial charge in [-0.1, -0.05) is 6.92 Å². The van der Waals surface area contributed by atoms with E-state index >= 15 is 0 Å². The van der Waals surface area contributed by atoms with Crippen LogP contribution in [0.25, 0.3) is 0 Å². The molecule has 0 bridgehead atoms. The third kappa shape index (κ3) is 3.63. The minimum atomic E-state index is -2.93. The molecule has 2 aliphatic heterocycles. The third-order valence-electron chi connectivity index (χ3n) is 4.35. The number of carbonyl (C=O) groups excluding carboxylic acids is 1. The second-order valence-electron chi connectivity index (χ2n) is 6.15. The highest BCUT2D eigenvalue weighted by Crippen LogP contribution is 2.31. The molecule has 0 spiro atoms. The summed E-state index contributed by atoms with van der Waals surface area (Å²) in [5.41, 5.74) is 0.150. The van der Waals surface area contributed by atoms with Crippen LogP contribution in [-0.4, -0.2) is 75.7 Å². The van der Waals surface area contributed by atoms with Crippen LogP contribution in [0.15, 0.2) is 0 Å². The first-order valence-corrected chi connectivity index (χ1v) is 8.91. The van der Waals surface area contributed by atoms with E-state index < -0.39 is 9.84 Å². The van der Waals surface area contributed by atoms with Crippen LogP contribution in [0.4, 0.5) is 4.79 Å². The fourth-order valence-electron chi connectivity index (χ4n) is 2.83. The van der Waals surface area contributed by atoms with Gasteiger partial charge in [0.1, 0.15) is 0 Å². The molecule has 2 rings (SSSR count). The van der Waals surface area contributed by atoms with E-state index in [9.17, 15) is 13.2 Å². The number of hydrogen-bond acceptors (Lipinski definition) is 4. The predicted octanol–water partition coefficient (Wildman–Crippen LogP) is 0.585. The zero-order chi connectivity index (χ0) is 14.8. The minimum Gasteiger partial charge on any atom is -0.384 e. The molecule has 0 radical (unpaired) electrons. The van der Waals surface area contributed by atoms with E-state index in [1.807, 2.05) is 4.90 Å². The Bertz CT molecular complexity index is 441. The van der Waals surface area contributed by atoms with E-state index in [0.717, 1.165) is 32.5 Å². The van der Waals surface area contributed by atoms with Gasteiger partial charge in [0.25, 0.3) is 0 Å². The smallest absolute Gasteiger partial charge is 0.320 e. The van der Waals surface area contributed by atoms with Crippen LogP contribution < -0.4 is 0 Å². The van der Waals surface area contributed by atoms with E-state index in [0.29, 0.717) is 13.1 Å². The average molecular weight is 304 g/mol. The first kappa shape index (κ1) is 15.6. The predicted molar refractivity (Wildman–Crippen MR) is 76.4 cm³/mol. The Morgan fingerprint density at radius 1 is 1.10 bits per heavy atom. The summed E-state index contributed by atoms with van der Waals surface area (Å²) >= 11 is 0.